The van der Waals surface area contributed by atoms with Gasteiger partial charge in [0.2, 0.25) is 0 Å². The average molecular weight is 1220 g/mol. The van der Waals surface area contributed by atoms with Gasteiger partial charge in [-0.25, -0.2) is 22.9 Å². The maximum atomic E-state index is 13.7. The molecule has 1 amide bonds. The maximum Gasteiger partial charge on any atom is 0.410 e. The number of nitrogens with one attached hydrogen (secondary N) is 2. The van der Waals surface area contributed by atoms with Crippen LogP contribution in [0.1, 0.15) is 123 Å². The Morgan fingerprint density at radius 3 is 1.46 bits per heavy atom. The SMILES string of the molecule is CC(C)(C)OC(=O)N1CCC(n2cc([C@@H](Cc3ccc4cnnc(Nc5ccc(F)c(Cl)c5)c4c3)c3ccc(Cl)cc3)nn2)CC1.Fc1ccc(Nc2nncc3ccc(C[C@@H](c4ccc(Cl)cc4)c4cn(C5CCCCC5)nn4)cc23)cc1Cl. The number of halogens is 6. The molecule has 1 aliphatic carbocycles. The van der Waals surface area contributed by atoms with Gasteiger partial charge in [0.1, 0.15) is 17.2 Å². The second kappa shape index (κ2) is 26.2. The molecule has 15 nitrogen and oxygen atoms in total. The number of fused-ring (bicyclic) bond motifs is 2. The molecule has 1 saturated carbocycles. The van der Waals surface area contributed by atoms with Crippen LogP contribution in [0.15, 0.2) is 146 Å². The van der Waals surface area contributed by atoms with Crippen LogP contribution in [0.25, 0.3) is 21.5 Å². The number of aromatic nitrogens is 10. The molecule has 0 spiro atoms. The number of amides is 1. The van der Waals surface area contributed by atoms with E-state index in [9.17, 15) is 13.6 Å². The van der Waals surface area contributed by atoms with Crippen molar-refractivity contribution in [2.45, 2.75) is 108 Å². The Morgan fingerprint density at radius 2 is 1.02 bits per heavy atom. The minimum Gasteiger partial charge on any atom is -0.444 e. The molecule has 85 heavy (non-hydrogen) atoms. The molecule has 4 aromatic heterocycles. The Hall–Kier alpha value is -7.83. The fourth-order valence-electron chi connectivity index (χ4n) is 11.0. The third-order valence-electron chi connectivity index (χ3n) is 15.5. The molecule has 6 aromatic carbocycles. The van der Waals surface area contributed by atoms with Gasteiger partial charge in [0.05, 0.1) is 45.9 Å². The lowest BCUT2D eigenvalue weighted by molar-refractivity contribution is 0.0184. The molecule has 10 aromatic rings. The number of hydrogen-bond acceptors (Lipinski definition) is 12. The summed E-state index contributed by atoms with van der Waals surface area (Å²) >= 11 is 24.5. The minimum atomic E-state index is -0.529. The Kier molecular flexibility index (Phi) is 18.2. The molecule has 1 saturated heterocycles. The molecular weight excluding hydrogens is 1160 g/mol. The van der Waals surface area contributed by atoms with Crippen LogP contribution < -0.4 is 10.6 Å². The van der Waals surface area contributed by atoms with Crippen molar-refractivity contribution in [2.75, 3.05) is 23.7 Å². The van der Waals surface area contributed by atoms with E-state index >= 15 is 0 Å². The summed E-state index contributed by atoms with van der Waals surface area (Å²) in [7, 11) is 0. The number of anilines is 4. The smallest absolute Gasteiger partial charge is 0.410 e. The highest BCUT2D eigenvalue weighted by molar-refractivity contribution is 6.31. The first-order chi connectivity index (χ1) is 41.0. The highest BCUT2D eigenvalue weighted by atomic mass is 35.5. The summed E-state index contributed by atoms with van der Waals surface area (Å²) in [6.45, 7) is 6.80. The number of carbonyl (C=O) groups excluding carboxylic acids is 1. The number of benzene rings is 6. The number of likely N-dealkylation sites (tertiary alicyclic amines) is 1. The van der Waals surface area contributed by atoms with Crippen molar-refractivity contribution >= 4 is 97.1 Å². The van der Waals surface area contributed by atoms with Gasteiger partial charge in [0.25, 0.3) is 0 Å². The number of hydrogen-bond donors (Lipinski definition) is 2. The van der Waals surface area contributed by atoms with Crippen LogP contribution in [0.3, 0.4) is 0 Å². The van der Waals surface area contributed by atoms with Gasteiger partial charge in [0, 0.05) is 80.3 Å². The first-order valence-electron chi connectivity index (χ1n) is 28.3. The topological polar surface area (TPSA) is 167 Å². The van der Waals surface area contributed by atoms with Crippen LogP contribution in [0.2, 0.25) is 20.1 Å². The Labute approximate surface area is 511 Å². The second-order valence-electron chi connectivity index (χ2n) is 22.6. The lowest BCUT2D eigenvalue weighted by Crippen LogP contribution is -2.42. The van der Waals surface area contributed by atoms with Gasteiger partial charge in [-0.1, -0.05) is 125 Å². The van der Waals surface area contributed by atoms with E-state index < -0.39 is 17.2 Å². The summed E-state index contributed by atoms with van der Waals surface area (Å²) in [6, 6.07) is 37.6. The van der Waals surface area contributed by atoms with E-state index in [-0.39, 0.29) is 34.0 Å². The average Bonchev–Trinajstić information content (AvgIpc) is 3.50. The second-order valence-corrected chi connectivity index (χ2v) is 24.3. The molecule has 0 bridgehead atoms. The van der Waals surface area contributed by atoms with Gasteiger partial charge < -0.3 is 20.3 Å². The zero-order valence-corrected chi connectivity index (χ0v) is 50.0. The molecule has 2 atom stereocenters. The maximum absolute atomic E-state index is 13.7. The Balaban J connectivity index is 0.000000179. The summed E-state index contributed by atoms with van der Waals surface area (Å²) in [4.78, 5) is 14.3. The van der Waals surface area contributed by atoms with E-state index in [0.717, 1.165) is 80.9 Å². The first kappa shape index (κ1) is 58.9. The zero-order valence-electron chi connectivity index (χ0n) is 46.9. The van der Waals surface area contributed by atoms with Gasteiger partial charge in [-0.15, -0.1) is 20.4 Å². The fraction of sp³-hybridized carbons (Fsp3) is 0.297. The summed E-state index contributed by atoms with van der Waals surface area (Å²) in [6.07, 6.45) is 16.2. The zero-order chi connectivity index (χ0) is 59.2. The summed E-state index contributed by atoms with van der Waals surface area (Å²) in [5.74, 6) is 0.0424. The van der Waals surface area contributed by atoms with Crippen LogP contribution in [0, 0.1) is 11.6 Å². The molecule has 12 rings (SSSR count). The van der Waals surface area contributed by atoms with Crippen molar-refractivity contribution < 1.29 is 18.3 Å². The quantitative estimate of drug-likeness (QED) is 0.106. The van der Waals surface area contributed by atoms with Crippen molar-refractivity contribution in [3.8, 4) is 0 Å². The normalized spacial score (nSPS) is 14.9. The van der Waals surface area contributed by atoms with Gasteiger partial charge in [0.15, 0.2) is 11.6 Å². The van der Waals surface area contributed by atoms with Crippen LogP contribution >= 0.6 is 46.4 Å². The van der Waals surface area contributed by atoms with Gasteiger partial charge >= 0.3 is 6.09 Å². The Morgan fingerprint density at radius 1 is 0.576 bits per heavy atom. The van der Waals surface area contributed by atoms with Crippen LogP contribution in [0.4, 0.5) is 36.6 Å². The van der Waals surface area contributed by atoms with E-state index in [2.05, 4.69) is 98.9 Å². The number of piperidine rings is 1. The number of carbonyl (C=O) groups is 1. The monoisotopic (exact) mass is 1220 g/mol. The number of rotatable bonds is 14. The van der Waals surface area contributed by atoms with Gasteiger partial charge in [-0.3, -0.25) is 0 Å². The minimum absolute atomic E-state index is 0.000770. The molecular formula is C64H61Cl4F2N13O2. The van der Waals surface area contributed by atoms with Crippen LogP contribution in [0.5, 0.6) is 0 Å². The van der Waals surface area contributed by atoms with Crippen LogP contribution in [-0.4, -0.2) is 80.1 Å². The highest BCUT2D eigenvalue weighted by Crippen LogP contribution is 2.36. The van der Waals surface area contributed by atoms with E-state index in [4.69, 9.17) is 51.1 Å². The molecule has 2 N–H and O–H groups in total. The lowest BCUT2D eigenvalue weighted by atomic mass is 9.89. The Bertz CT molecular complexity index is 3960. The predicted molar refractivity (Wildman–Crippen MR) is 331 cm³/mol. The molecule has 21 heteroatoms. The van der Waals surface area contributed by atoms with Crippen LogP contribution in [-0.2, 0) is 17.6 Å². The third-order valence-corrected chi connectivity index (χ3v) is 16.5. The van der Waals surface area contributed by atoms with E-state index in [1.165, 1.54) is 43.5 Å². The van der Waals surface area contributed by atoms with Gasteiger partial charge in [-0.2, -0.15) is 10.2 Å². The summed E-state index contributed by atoms with van der Waals surface area (Å²) in [5, 5.41) is 46.8. The largest absolute Gasteiger partial charge is 0.444 e. The molecule has 5 heterocycles. The standard InChI is InChI=1S/C34H34Cl2FN7O2.C30H27Cl2FN6/c1-34(2,3)46-33(45)43-14-12-26(13-15-43)44-20-31(40-42-44)27(22-6-8-24(35)9-7-22)16-21-4-5-23-19-38-41-32(28(23)17-21)39-25-10-11-30(37)29(36)18-25;31-22-10-8-20(9-11-22)25(29-18-39(38-36-29)24-4-2-1-3-5-24)14-19-6-7-21-17-34-37-30(26(21)15-19)35-23-12-13-28(33)27(32)16-23/h4-11,17-20,26-27H,12-16H2,1-3H3,(H,39,41);6-13,15-18,24-25H,1-5,14H2,(H,35,37)/t27-;25-/m00/s1. The van der Waals surface area contributed by atoms with Crippen molar-refractivity contribution in [1.29, 1.82) is 0 Å². The molecule has 436 valence electrons. The predicted octanol–water partition coefficient (Wildman–Crippen LogP) is 16.6. The molecule has 0 radical (unpaired) electrons. The van der Waals surface area contributed by atoms with E-state index in [0.29, 0.717) is 65.0 Å². The molecule has 2 fully saturated rings. The van der Waals surface area contributed by atoms with Gasteiger partial charge in [-0.05, 0) is 154 Å². The summed E-state index contributed by atoms with van der Waals surface area (Å²) < 4.78 is 36.9. The first-order valence-corrected chi connectivity index (χ1v) is 29.8. The van der Waals surface area contributed by atoms with Crippen molar-refractivity contribution in [2.24, 2.45) is 0 Å². The highest BCUT2D eigenvalue weighted by Gasteiger charge is 2.30. The number of nitrogens with zero attached hydrogens (tertiary/aromatic N) is 11. The van der Waals surface area contributed by atoms with Crippen molar-refractivity contribution in [3.05, 3.63) is 211 Å². The molecule has 0 unspecified atom stereocenters. The van der Waals surface area contributed by atoms with Crippen molar-refractivity contribution in [1.82, 2.24) is 55.3 Å². The van der Waals surface area contributed by atoms with E-state index in [1.54, 1.807) is 29.4 Å². The summed E-state index contributed by atoms with van der Waals surface area (Å²) in [5.41, 5.74) is 6.84. The molecule has 1 aliphatic heterocycles. The van der Waals surface area contributed by atoms with E-state index in [1.807, 2.05) is 80.2 Å². The third kappa shape index (κ3) is 14.6. The molecule has 2 aliphatic rings. The number of ether oxygens (including phenoxy) is 1. The fourth-order valence-corrected chi connectivity index (χ4v) is 11.6. The lowest BCUT2D eigenvalue weighted by Gasteiger charge is -2.33. The van der Waals surface area contributed by atoms with Crippen molar-refractivity contribution in [3.63, 3.8) is 0 Å².